The summed E-state index contributed by atoms with van der Waals surface area (Å²) in [4.78, 5) is 16.9. The molecule has 0 bridgehead atoms. The highest BCUT2D eigenvalue weighted by Crippen LogP contribution is 2.27. The highest BCUT2D eigenvalue weighted by Gasteiger charge is 2.36. The molecule has 4 nitrogen and oxygen atoms in total. The number of piperidine rings is 1. The summed E-state index contributed by atoms with van der Waals surface area (Å²) >= 11 is 0. The number of carbonyl (C=O) groups excluding carboxylic acids is 1. The number of methoxy groups -OCH3 is 1. The zero-order chi connectivity index (χ0) is 19.3. The van der Waals surface area contributed by atoms with Crippen LogP contribution in [-0.4, -0.2) is 62.1 Å². The molecule has 0 spiro atoms. The van der Waals surface area contributed by atoms with E-state index in [1.807, 2.05) is 23.1 Å². The van der Waals surface area contributed by atoms with Crippen LogP contribution in [-0.2, 0) is 16.0 Å². The van der Waals surface area contributed by atoms with Crippen LogP contribution in [0.3, 0.4) is 0 Å². The molecule has 27 heavy (non-hydrogen) atoms. The zero-order valence-corrected chi connectivity index (χ0v) is 16.6. The maximum atomic E-state index is 12.7. The zero-order valence-electron chi connectivity index (χ0n) is 16.6. The van der Waals surface area contributed by atoms with Crippen molar-refractivity contribution in [3.8, 4) is 11.1 Å². The minimum absolute atomic E-state index is 0.127. The first-order chi connectivity index (χ1) is 13.0. The lowest BCUT2D eigenvalue weighted by molar-refractivity contribution is -0.136. The second-order valence-electron chi connectivity index (χ2n) is 7.75. The van der Waals surface area contributed by atoms with E-state index >= 15 is 0 Å². The van der Waals surface area contributed by atoms with Crippen LogP contribution < -0.4 is 0 Å². The summed E-state index contributed by atoms with van der Waals surface area (Å²) in [7, 11) is 5.92. The first-order valence-corrected chi connectivity index (χ1v) is 9.63. The smallest absolute Gasteiger partial charge is 0.226 e. The van der Waals surface area contributed by atoms with Gasteiger partial charge in [0.1, 0.15) is 0 Å². The lowest BCUT2D eigenvalue weighted by Crippen LogP contribution is -2.52. The molecule has 0 aliphatic carbocycles. The Morgan fingerprint density at radius 2 is 1.59 bits per heavy atom. The largest absolute Gasteiger partial charge is 0.377 e. The molecule has 1 amide bonds. The van der Waals surface area contributed by atoms with E-state index in [-0.39, 0.29) is 11.5 Å². The maximum absolute atomic E-state index is 12.7. The monoisotopic (exact) mass is 366 g/mol. The van der Waals surface area contributed by atoms with Gasteiger partial charge < -0.3 is 14.5 Å². The SMILES string of the molecule is COC1(CN(C)C)CCN(C(=O)Cc2ccc(-c3ccccc3)cc2)CC1. The third-order valence-corrected chi connectivity index (χ3v) is 5.48. The van der Waals surface area contributed by atoms with Gasteiger partial charge in [0.15, 0.2) is 0 Å². The van der Waals surface area contributed by atoms with Gasteiger partial charge in [-0.05, 0) is 43.6 Å². The van der Waals surface area contributed by atoms with Crippen molar-refractivity contribution < 1.29 is 9.53 Å². The number of hydrogen-bond acceptors (Lipinski definition) is 3. The summed E-state index contributed by atoms with van der Waals surface area (Å²) in [6.45, 7) is 2.43. The Bertz CT molecular complexity index is 733. The molecule has 1 aliphatic rings. The van der Waals surface area contributed by atoms with Gasteiger partial charge in [-0.15, -0.1) is 0 Å². The molecule has 0 atom stereocenters. The van der Waals surface area contributed by atoms with Gasteiger partial charge in [0.25, 0.3) is 0 Å². The molecule has 1 heterocycles. The highest BCUT2D eigenvalue weighted by molar-refractivity contribution is 5.79. The second-order valence-corrected chi connectivity index (χ2v) is 7.75. The molecule has 4 heteroatoms. The van der Waals surface area contributed by atoms with Crippen molar-refractivity contribution in [3.63, 3.8) is 0 Å². The van der Waals surface area contributed by atoms with Crippen LogP contribution in [0.2, 0.25) is 0 Å². The number of likely N-dealkylation sites (N-methyl/N-ethyl adjacent to an activating group) is 1. The topological polar surface area (TPSA) is 32.8 Å². The predicted molar refractivity (Wildman–Crippen MR) is 110 cm³/mol. The van der Waals surface area contributed by atoms with Crippen LogP contribution in [0.15, 0.2) is 54.6 Å². The molecular formula is C23H30N2O2. The number of amides is 1. The number of benzene rings is 2. The lowest BCUT2D eigenvalue weighted by Gasteiger charge is -2.42. The Balaban J connectivity index is 1.57. The van der Waals surface area contributed by atoms with E-state index in [4.69, 9.17) is 4.74 Å². The van der Waals surface area contributed by atoms with Crippen molar-refractivity contribution in [1.82, 2.24) is 9.80 Å². The first kappa shape index (κ1) is 19.6. The van der Waals surface area contributed by atoms with E-state index in [2.05, 4.69) is 55.4 Å². The Kier molecular flexibility index (Phi) is 6.30. The molecule has 1 fully saturated rings. The van der Waals surface area contributed by atoms with E-state index < -0.39 is 0 Å². The van der Waals surface area contributed by atoms with Crippen LogP contribution in [0.5, 0.6) is 0 Å². The molecule has 0 unspecified atom stereocenters. The molecule has 144 valence electrons. The van der Waals surface area contributed by atoms with E-state index in [9.17, 15) is 4.79 Å². The number of ether oxygens (including phenoxy) is 1. The normalized spacial score (nSPS) is 16.5. The first-order valence-electron chi connectivity index (χ1n) is 9.63. The fourth-order valence-electron chi connectivity index (χ4n) is 3.90. The number of rotatable bonds is 6. The fraction of sp³-hybridized carbons (Fsp3) is 0.435. The van der Waals surface area contributed by atoms with Gasteiger partial charge in [-0.1, -0.05) is 54.6 Å². The average molecular weight is 367 g/mol. The Labute approximate surface area is 162 Å². The summed E-state index contributed by atoms with van der Waals surface area (Å²) in [6.07, 6.45) is 2.24. The maximum Gasteiger partial charge on any atom is 0.226 e. The summed E-state index contributed by atoms with van der Waals surface area (Å²) in [6, 6.07) is 18.6. The summed E-state index contributed by atoms with van der Waals surface area (Å²) < 4.78 is 5.81. The van der Waals surface area contributed by atoms with Crippen LogP contribution in [0, 0.1) is 0 Å². The van der Waals surface area contributed by atoms with Crippen molar-refractivity contribution in [2.45, 2.75) is 24.9 Å². The number of nitrogens with zero attached hydrogens (tertiary/aromatic N) is 2. The van der Waals surface area contributed by atoms with E-state index in [0.717, 1.165) is 38.0 Å². The van der Waals surface area contributed by atoms with Gasteiger partial charge in [-0.2, -0.15) is 0 Å². The van der Waals surface area contributed by atoms with Crippen LogP contribution in [0.25, 0.3) is 11.1 Å². The molecular weight excluding hydrogens is 336 g/mol. The molecule has 0 radical (unpaired) electrons. The quantitative estimate of drug-likeness (QED) is 0.785. The molecule has 0 saturated carbocycles. The third-order valence-electron chi connectivity index (χ3n) is 5.48. The van der Waals surface area contributed by atoms with Crippen molar-refractivity contribution >= 4 is 5.91 Å². The van der Waals surface area contributed by atoms with Gasteiger partial charge in [0.05, 0.1) is 12.0 Å². The molecule has 2 aromatic rings. The minimum atomic E-state index is -0.127. The minimum Gasteiger partial charge on any atom is -0.377 e. The van der Waals surface area contributed by atoms with Crippen LogP contribution in [0.4, 0.5) is 0 Å². The summed E-state index contributed by atoms with van der Waals surface area (Å²) in [5.41, 5.74) is 3.32. The predicted octanol–water partition coefficient (Wildman–Crippen LogP) is 3.47. The number of hydrogen-bond donors (Lipinski definition) is 0. The van der Waals surface area contributed by atoms with Gasteiger partial charge in [-0.25, -0.2) is 0 Å². The average Bonchev–Trinajstić information content (AvgIpc) is 2.69. The van der Waals surface area contributed by atoms with Gasteiger partial charge in [0, 0.05) is 26.7 Å². The highest BCUT2D eigenvalue weighted by atomic mass is 16.5. The third kappa shape index (κ3) is 4.96. The summed E-state index contributed by atoms with van der Waals surface area (Å²) in [5.74, 6) is 0.206. The number of carbonyl (C=O) groups is 1. The van der Waals surface area contributed by atoms with Crippen molar-refractivity contribution in [3.05, 3.63) is 60.2 Å². The second kappa shape index (κ2) is 8.68. The molecule has 1 saturated heterocycles. The Morgan fingerprint density at radius 1 is 1.00 bits per heavy atom. The molecule has 0 aromatic heterocycles. The van der Waals surface area contributed by atoms with Gasteiger partial charge >= 0.3 is 0 Å². The van der Waals surface area contributed by atoms with Crippen molar-refractivity contribution in [2.75, 3.05) is 40.8 Å². The molecule has 2 aromatic carbocycles. The molecule has 3 rings (SSSR count). The standard InChI is InChI=1S/C23H30N2O2/c1-24(2)18-23(27-3)13-15-25(16-14-23)22(26)17-19-9-11-21(12-10-19)20-7-5-4-6-8-20/h4-12H,13-18H2,1-3H3. The fourth-order valence-corrected chi connectivity index (χ4v) is 3.90. The summed E-state index contributed by atoms with van der Waals surface area (Å²) in [5, 5.41) is 0. The van der Waals surface area contributed by atoms with Gasteiger partial charge in [0.2, 0.25) is 5.91 Å². The van der Waals surface area contributed by atoms with Crippen LogP contribution >= 0.6 is 0 Å². The van der Waals surface area contributed by atoms with Crippen LogP contribution in [0.1, 0.15) is 18.4 Å². The Morgan fingerprint density at radius 3 is 2.15 bits per heavy atom. The Hall–Kier alpha value is -2.17. The van der Waals surface area contributed by atoms with E-state index in [1.54, 1.807) is 7.11 Å². The molecule has 0 N–H and O–H groups in total. The van der Waals surface area contributed by atoms with E-state index in [1.165, 1.54) is 11.1 Å². The lowest BCUT2D eigenvalue weighted by atomic mass is 9.90. The van der Waals surface area contributed by atoms with E-state index in [0.29, 0.717) is 6.42 Å². The number of likely N-dealkylation sites (tertiary alicyclic amines) is 1. The van der Waals surface area contributed by atoms with Gasteiger partial charge in [-0.3, -0.25) is 4.79 Å². The van der Waals surface area contributed by atoms with Crippen molar-refractivity contribution in [2.24, 2.45) is 0 Å². The van der Waals surface area contributed by atoms with Crippen molar-refractivity contribution in [1.29, 1.82) is 0 Å². The molecule has 1 aliphatic heterocycles.